The number of primary amides is 1. The molecule has 19 heavy (non-hydrogen) atoms. The molecule has 0 spiro atoms. The molecule has 0 aliphatic carbocycles. The third-order valence-corrected chi connectivity index (χ3v) is 2.67. The van der Waals surface area contributed by atoms with Crippen molar-refractivity contribution in [1.82, 2.24) is 5.32 Å². The molecule has 1 atom stereocenters. The Labute approximate surface area is 110 Å². The largest absolute Gasteiger partial charge is 0.480 e. The first-order valence-corrected chi connectivity index (χ1v) is 5.82. The highest BCUT2D eigenvalue weighted by atomic mass is 16.5. The Hall–Kier alpha value is -2.56. The van der Waals surface area contributed by atoms with E-state index in [0.717, 1.165) is 10.8 Å². The SMILES string of the molecule is C[C@@H](Oc1cccc2ccccc12)C(=O)NC(N)=O. The van der Waals surface area contributed by atoms with Crippen LogP contribution in [0.4, 0.5) is 4.79 Å². The van der Waals surface area contributed by atoms with Gasteiger partial charge in [-0.05, 0) is 18.4 Å². The second kappa shape index (κ2) is 5.39. The quantitative estimate of drug-likeness (QED) is 0.880. The van der Waals surface area contributed by atoms with Crippen molar-refractivity contribution in [2.75, 3.05) is 0 Å². The number of nitrogens with two attached hydrogens (primary N) is 1. The van der Waals surface area contributed by atoms with Gasteiger partial charge in [-0.3, -0.25) is 10.1 Å². The van der Waals surface area contributed by atoms with Crippen LogP contribution >= 0.6 is 0 Å². The molecule has 2 aromatic carbocycles. The Morgan fingerprint density at radius 2 is 1.84 bits per heavy atom. The van der Waals surface area contributed by atoms with Crippen molar-refractivity contribution < 1.29 is 14.3 Å². The third kappa shape index (κ3) is 3.01. The predicted octanol–water partition coefficient (Wildman–Crippen LogP) is 1.80. The van der Waals surface area contributed by atoms with Crippen molar-refractivity contribution >= 4 is 22.7 Å². The highest BCUT2D eigenvalue weighted by molar-refractivity contribution is 5.96. The maximum atomic E-state index is 11.6. The van der Waals surface area contributed by atoms with Gasteiger partial charge in [0.2, 0.25) is 0 Å². The van der Waals surface area contributed by atoms with Crippen LogP contribution in [0.3, 0.4) is 0 Å². The van der Waals surface area contributed by atoms with E-state index in [1.807, 2.05) is 41.7 Å². The minimum Gasteiger partial charge on any atom is -0.480 e. The highest BCUT2D eigenvalue weighted by Gasteiger charge is 2.16. The lowest BCUT2D eigenvalue weighted by molar-refractivity contribution is -0.126. The summed E-state index contributed by atoms with van der Waals surface area (Å²) in [5.74, 6) is 0.0191. The molecule has 0 bridgehead atoms. The first kappa shape index (κ1) is 12.9. The first-order chi connectivity index (χ1) is 9.08. The molecule has 0 radical (unpaired) electrons. The number of benzene rings is 2. The van der Waals surface area contributed by atoms with Gasteiger partial charge in [0, 0.05) is 5.39 Å². The summed E-state index contributed by atoms with van der Waals surface area (Å²) in [6, 6.07) is 12.4. The van der Waals surface area contributed by atoms with Crippen LogP contribution in [0.2, 0.25) is 0 Å². The lowest BCUT2D eigenvalue weighted by atomic mass is 10.1. The molecule has 0 unspecified atom stereocenters. The number of urea groups is 1. The van der Waals surface area contributed by atoms with Crippen molar-refractivity contribution in [3.63, 3.8) is 0 Å². The van der Waals surface area contributed by atoms with Crippen molar-refractivity contribution in [2.24, 2.45) is 5.73 Å². The van der Waals surface area contributed by atoms with E-state index in [9.17, 15) is 9.59 Å². The molecule has 0 heterocycles. The van der Waals surface area contributed by atoms with Gasteiger partial charge in [0.15, 0.2) is 6.10 Å². The fourth-order valence-corrected chi connectivity index (χ4v) is 1.77. The van der Waals surface area contributed by atoms with Crippen LogP contribution in [0.15, 0.2) is 42.5 Å². The van der Waals surface area contributed by atoms with E-state index in [1.165, 1.54) is 0 Å². The molecule has 2 aromatic rings. The molecule has 2 rings (SSSR count). The van der Waals surface area contributed by atoms with Crippen LogP contribution in [0.5, 0.6) is 5.75 Å². The van der Waals surface area contributed by atoms with Gasteiger partial charge in [0.05, 0.1) is 0 Å². The average Bonchev–Trinajstić information content (AvgIpc) is 2.38. The zero-order valence-electron chi connectivity index (χ0n) is 10.4. The van der Waals surface area contributed by atoms with E-state index in [2.05, 4.69) is 0 Å². The van der Waals surface area contributed by atoms with Gasteiger partial charge in [-0.15, -0.1) is 0 Å². The molecule has 5 heteroatoms. The summed E-state index contributed by atoms with van der Waals surface area (Å²) in [5, 5.41) is 3.91. The van der Waals surface area contributed by atoms with Crippen molar-refractivity contribution in [3.8, 4) is 5.75 Å². The number of imide groups is 1. The summed E-state index contributed by atoms with van der Waals surface area (Å²) in [4.78, 5) is 22.2. The summed E-state index contributed by atoms with van der Waals surface area (Å²) in [5.41, 5.74) is 4.89. The fourth-order valence-electron chi connectivity index (χ4n) is 1.77. The van der Waals surface area contributed by atoms with Crippen LogP contribution in [0.25, 0.3) is 10.8 Å². The van der Waals surface area contributed by atoms with Crippen LogP contribution in [0.1, 0.15) is 6.92 Å². The summed E-state index contributed by atoms with van der Waals surface area (Å²) in [7, 11) is 0. The van der Waals surface area contributed by atoms with Gasteiger partial charge in [-0.25, -0.2) is 4.79 Å². The second-order valence-corrected chi connectivity index (χ2v) is 4.09. The van der Waals surface area contributed by atoms with Crippen LogP contribution in [-0.2, 0) is 4.79 Å². The number of ether oxygens (including phenoxy) is 1. The number of carbonyl (C=O) groups excluding carboxylic acids is 2. The Kier molecular flexibility index (Phi) is 3.66. The van der Waals surface area contributed by atoms with Gasteiger partial charge >= 0.3 is 6.03 Å². The van der Waals surface area contributed by atoms with E-state index in [0.29, 0.717) is 5.75 Å². The monoisotopic (exact) mass is 258 g/mol. The fraction of sp³-hybridized carbons (Fsp3) is 0.143. The van der Waals surface area contributed by atoms with E-state index in [1.54, 1.807) is 13.0 Å². The predicted molar refractivity (Wildman–Crippen MR) is 71.8 cm³/mol. The molecule has 5 nitrogen and oxygen atoms in total. The Balaban J connectivity index is 2.21. The van der Waals surface area contributed by atoms with Crippen LogP contribution < -0.4 is 15.8 Å². The smallest absolute Gasteiger partial charge is 0.318 e. The van der Waals surface area contributed by atoms with Gasteiger partial charge < -0.3 is 10.5 Å². The van der Waals surface area contributed by atoms with E-state index in [4.69, 9.17) is 10.5 Å². The van der Waals surface area contributed by atoms with Gasteiger partial charge in [-0.1, -0.05) is 36.4 Å². The number of nitrogens with one attached hydrogen (secondary N) is 1. The molecule has 0 fully saturated rings. The number of rotatable bonds is 3. The molecular formula is C14H14N2O3. The highest BCUT2D eigenvalue weighted by Crippen LogP contribution is 2.25. The van der Waals surface area contributed by atoms with E-state index in [-0.39, 0.29) is 0 Å². The number of amides is 3. The molecule has 3 N–H and O–H groups in total. The molecule has 3 amide bonds. The Morgan fingerprint density at radius 1 is 1.16 bits per heavy atom. The minimum atomic E-state index is -0.890. The normalized spacial score (nSPS) is 11.8. The van der Waals surface area contributed by atoms with Gasteiger partial charge in [-0.2, -0.15) is 0 Å². The second-order valence-electron chi connectivity index (χ2n) is 4.09. The molecule has 0 aliphatic rings. The summed E-state index contributed by atoms with van der Waals surface area (Å²) in [6.45, 7) is 1.56. The topological polar surface area (TPSA) is 81.4 Å². The maximum absolute atomic E-state index is 11.6. The first-order valence-electron chi connectivity index (χ1n) is 5.82. The van der Waals surface area contributed by atoms with Crippen molar-refractivity contribution in [3.05, 3.63) is 42.5 Å². The molecule has 0 aliphatic heterocycles. The molecule has 0 aromatic heterocycles. The van der Waals surface area contributed by atoms with E-state index >= 15 is 0 Å². The lowest BCUT2D eigenvalue weighted by Gasteiger charge is -2.15. The Morgan fingerprint density at radius 3 is 2.58 bits per heavy atom. The summed E-state index contributed by atoms with van der Waals surface area (Å²) in [6.07, 6.45) is -0.807. The number of fused-ring (bicyclic) bond motifs is 1. The number of hydrogen-bond donors (Lipinski definition) is 2. The lowest BCUT2D eigenvalue weighted by Crippen LogP contribution is -2.42. The Bertz CT molecular complexity index is 620. The maximum Gasteiger partial charge on any atom is 0.318 e. The van der Waals surface area contributed by atoms with Crippen molar-refractivity contribution in [1.29, 1.82) is 0 Å². The van der Waals surface area contributed by atoms with Crippen LogP contribution in [0, 0.1) is 0 Å². The third-order valence-electron chi connectivity index (χ3n) is 2.67. The minimum absolute atomic E-state index is 0.569. The standard InChI is InChI=1S/C14H14N2O3/c1-9(13(17)16-14(15)18)19-12-8-4-6-10-5-2-3-7-11(10)12/h2-9H,1H3,(H3,15,16,17,18)/t9-/m1/s1. The van der Waals surface area contributed by atoms with E-state index < -0.39 is 18.0 Å². The molecule has 0 saturated carbocycles. The van der Waals surface area contributed by atoms with Crippen LogP contribution in [-0.4, -0.2) is 18.0 Å². The summed E-state index contributed by atoms with van der Waals surface area (Å²) >= 11 is 0. The average molecular weight is 258 g/mol. The summed E-state index contributed by atoms with van der Waals surface area (Å²) < 4.78 is 5.57. The zero-order chi connectivity index (χ0) is 13.8. The number of hydrogen-bond acceptors (Lipinski definition) is 3. The zero-order valence-corrected chi connectivity index (χ0v) is 10.4. The van der Waals surface area contributed by atoms with Gasteiger partial charge in [0.1, 0.15) is 5.75 Å². The number of carbonyl (C=O) groups is 2. The molecule has 0 saturated heterocycles. The van der Waals surface area contributed by atoms with Crippen molar-refractivity contribution in [2.45, 2.75) is 13.0 Å². The van der Waals surface area contributed by atoms with Gasteiger partial charge in [0.25, 0.3) is 5.91 Å². The molecule has 98 valence electrons. The molecular weight excluding hydrogens is 244 g/mol.